The van der Waals surface area contributed by atoms with E-state index in [2.05, 4.69) is 37.6 Å². The second kappa shape index (κ2) is 11.3. The molecule has 6 rings (SSSR count). The van der Waals surface area contributed by atoms with Gasteiger partial charge in [0, 0.05) is 35.4 Å². The molecule has 41 heavy (non-hydrogen) atoms. The lowest BCUT2D eigenvalue weighted by atomic mass is 10.0. The average molecular weight is 583 g/mol. The highest BCUT2D eigenvalue weighted by Gasteiger charge is 2.24. The number of rotatable bonds is 7. The van der Waals surface area contributed by atoms with Crippen molar-refractivity contribution in [2.75, 3.05) is 15.6 Å². The van der Waals surface area contributed by atoms with Crippen molar-refractivity contribution < 1.29 is 4.39 Å². The minimum Gasteiger partial charge on any atom is -0.373 e. The largest absolute Gasteiger partial charge is 0.373 e. The first-order valence-corrected chi connectivity index (χ1v) is 13.2. The molecule has 3 aromatic carbocycles. The predicted molar refractivity (Wildman–Crippen MR) is 160 cm³/mol. The molecule has 0 unspecified atom stereocenters. The van der Waals surface area contributed by atoms with Crippen LogP contribution in [0.3, 0.4) is 0 Å². The first-order chi connectivity index (χ1) is 20.0. The molecule has 0 spiro atoms. The third-order valence-electron chi connectivity index (χ3n) is 6.50. The number of hydrogen-bond acceptors (Lipinski definition) is 8. The van der Waals surface area contributed by atoms with E-state index >= 15 is 0 Å². The van der Waals surface area contributed by atoms with Gasteiger partial charge in [-0.15, -0.1) is 5.53 Å². The van der Waals surface area contributed by atoms with Crippen LogP contribution in [0.15, 0.2) is 103 Å². The maximum Gasteiger partial charge on any atom is 0.141 e. The van der Waals surface area contributed by atoms with E-state index in [0.29, 0.717) is 38.6 Å². The van der Waals surface area contributed by atoms with E-state index in [4.69, 9.17) is 23.2 Å². The Kier molecular flexibility index (Phi) is 7.27. The highest BCUT2D eigenvalue weighted by Crippen LogP contribution is 2.37. The highest BCUT2D eigenvalue weighted by atomic mass is 35.5. The number of hydrogen-bond donors (Lipinski definition) is 4. The smallest absolute Gasteiger partial charge is 0.141 e. The van der Waals surface area contributed by atoms with Crippen LogP contribution < -0.4 is 26.6 Å². The number of aromatic nitrogens is 2. The second-order valence-electron chi connectivity index (χ2n) is 9.16. The summed E-state index contributed by atoms with van der Waals surface area (Å²) >= 11 is 12.7. The quantitative estimate of drug-likeness (QED) is 0.159. The van der Waals surface area contributed by atoms with Gasteiger partial charge in [0.25, 0.3) is 0 Å². The van der Waals surface area contributed by atoms with E-state index in [1.807, 2.05) is 59.7 Å². The number of fused-ring (bicyclic) bond motifs is 1. The number of nitriles is 1. The molecule has 11 heteroatoms. The summed E-state index contributed by atoms with van der Waals surface area (Å²) in [6, 6.07) is 23.5. The molecule has 2 aromatic heterocycles. The van der Waals surface area contributed by atoms with Crippen LogP contribution in [0, 0.1) is 17.1 Å². The Balaban J connectivity index is 1.41. The Morgan fingerprint density at radius 2 is 1.78 bits per heavy atom. The zero-order valence-corrected chi connectivity index (χ0v) is 22.7. The number of halogens is 3. The first kappa shape index (κ1) is 26.3. The zero-order chi connectivity index (χ0) is 28.3. The lowest BCUT2D eigenvalue weighted by Gasteiger charge is -2.22. The van der Waals surface area contributed by atoms with Gasteiger partial charge >= 0.3 is 0 Å². The summed E-state index contributed by atoms with van der Waals surface area (Å²) in [7, 11) is 0. The van der Waals surface area contributed by atoms with Gasteiger partial charge in [-0.1, -0.05) is 53.5 Å². The molecule has 5 aromatic rings. The molecule has 0 fully saturated rings. The molecular formula is C30H21Cl2FN8. The summed E-state index contributed by atoms with van der Waals surface area (Å²) < 4.78 is 13.8. The molecule has 0 amide bonds. The minimum absolute atomic E-state index is 0.0377. The fourth-order valence-electron chi connectivity index (χ4n) is 4.54. The molecule has 1 aliphatic heterocycles. The van der Waals surface area contributed by atoms with Crippen molar-refractivity contribution in [1.82, 2.24) is 20.9 Å². The molecule has 202 valence electrons. The summed E-state index contributed by atoms with van der Waals surface area (Å²) in [5.41, 5.74) is 11.6. The lowest BCUT2D eigenvalue weighted by molar-refractivity contribution is 0.628. The highest BCUT2D eigenvalue weighted by molar-refractivity contribution is 6.36. The Bertz CT molecular complexity index is 1810. The van der Waals surface area contributed by atoms with Gasteiger partial charge in [0.1, 0.15) is 11.9 Å². The standard InChI is InChI=1S/C30H21Cl2FN8/c31-24-12-20(8-9-26(24)33)37-28-19(14-34)15-36-30-23(28)11-21(13-25(30)32)38-29(18-5-2-1-3-6-18)27-17-41(40-39-27)22-7-4-10-35-16-22/h1-13,15-17,29,38-40H,(H,36,37)/t29-/m0/s1. The normalized spacial score (nSPS) is 13.3. The van der Waals surface area contributed by atoms with Crippen molar-refractivity contribution in [3.05, 3.63) is 130 Å². The van der Waals surface area contributed by atoms with E-state index in [1.165, 1.54) is 18.3 Å². The Morgan fingerprint density at radius 3 is 2.54 bits per heavy atom. The van der Waals surface area contributed by atoms with Crippen molar-refractivity contribution >= 4 is 56.9 Å². The monoisotopic (exact) mass is 582 g/mol. The molecule has 1 aliphatic rings. The Hall–Kier alpha value is -4.88. The topological polar surface area (TPSA) is 101 Å². The van der Waals surface area contributed by atoms with Crippen molar-refractivity contribution in [1.29, 1.82) is 5.26 Å². The van der Waals surface area contributed by atoms with E-state index in [9.17, 15) is 9.65 Å². The predicted octanol–water partition coefficient (Wildman–Crippen LogP) is 7.21. The van der Waals surface area contributed by atoms with Gasteiger partial charge in [-0.2, -0.15) is 5.26 Å². The third-order valence-corrected chi connectivity index (χ3v) is 7.08. The van der Waals surface area contributed by atoms with E-state index < -0.39 is 5.82 Å². The van der Waals surface area contributed by atoms with E-state index in [1.54, 1.807) is 24.5 Å². The van der Waals surface area contributed by atoms with Crippen LogP contribution in [-0.2, 0) is 0 Å². The molecule has 8 nitrogen and oxygen atoms in total. The van der Waals surface area contributed by atoms with Gasteiger partial charge < -0.3 is 16.1 Å². The summed E-state index contributed by atoms with van der Waals surface area (Å²) in [6.07, 6.45) is 6.87. The molecule has 0 saturated carbocycles. The van der Waals surface area contributed by atoms with Crippen molar-refractivity contribution in [2.45, 2.75) is 6.04 Å². The van der Waals surface area contributed by atoms with E-state index in [-0.39, 0.29) is 11.1 Å². The average Bonchev–Trinajstić information content (AvgIpc) is 3.49. The molecule has 0 aliphatic carbocycles. The number of hydrazine groups is 2. The molecule has 4 N–H and O–H groups in total. The molecule has 1 atom stereocenters. The van der Waals surface area contributed by atoms with Gasteiger partial charge in [-0.25, -0.2) is 4.39 Å². The van der Waals surface area contributed by atoms with Crippen LogP contribution in [0.25, 0.3) is 10.9 Å². The van der Waals surface area contributed by atoms with Crippen molar-refractivity contribution in [3.63, 3.8) is 0 Å². The fraction of sp³-hybridized carbons (Fsp3) is 0.0333. The number of pyridine rings is 2. The van der Waals surface area contributed by atoms with Crippen LogP contribution in [0.5, 0.6) is 0 Å². The second-order valence-corrected chi connectivity index (χ2v) is 9.97. The molecular weight excluding hydrogens is 562 g/mol. The van der Waals surface area contributed by atoms with Gasteiger partial charge in [0.15, 0.2) is 0 Å². The zero-order valence-electron chi connectivity index (χ0n) is 21.2. The molecule has 3 heterocycles. The summed E-state index contributed by atoms with van der Waals surface area (Å²) in [6.45, 7) is 0. The first-order valence-electron chi connectivity index (χ1n) is 12.5. The SMILES string of the molecule is N#Cc1cnc2c(Cl)cc(N[C@H](C3=CN(c4cccnc4)NN3)c3ccccc3)cc2c1Nc1ccc(F)c(Cl)c1. The van der Waals surface area contributed by atoms with Crippen LogP contribution >= 0.6 is 23.2 Å². The molecule has 0 radical (unpaired) electrons. The Morgan fingerprint density at radius 1 is 0.951 bits per heavy atom. The van der Waals surface area contributed by atoms with Gasteiger partial charge in [0.05, 0.1) is 50.4 Å². The summed E-state index contributed by atoms with van der Waals surface area (Å²) in [4.78, 5) is 8.63. The number of anilines is 4. The van der Waals surface area contributed by atoms with Crippen LogP contribution in [0.2, 0.25) is 10.0 Å². The van der Waals surface area contributed by atoms with Crippen molar-refractivity contribution in [3.8, 4) is 6.07 Å². The summed E-state index contributed by atoms with van der Waals surface area (Å²) in [5, 5.41) is 19.4. The lowest BCUT2D eigenvalue weighted by Crippen LogP contribution is -2.37. The Labute approximate surface area is 245 Å². The fourth-order valence-corrected chi connectivity index (χ4v) is 4.99. The van der Waals surface area contributed by atoms with Crippen LogP contribution in [0.1, 0.15) is 17.2 Å². The minimum atomic E-state index is -0.537. The number of nitrogens with one attached hydrogen (secondary N) is 4. The van der Waals surface area contributed by atoms with Crippen LogP contribution in [-0.4, -0.2) is 9.97 Å². The molecule has 0 saturated heterocycles. The van der Waals surface area contributed by atoms with Gasteiger partial charge in [-0.05, 0) is 48.0 Å². The number of benzene rings is 3. The molecule has 0 bridgehead atoms. The maximum absolute atomic E-state index is 13.8. The maximum atomic E-state index is 13.8. The van der Waals surface area contributed by atoms with Gasteiger partial charge in [0.2, 0.25) is 0 Å². The van der Waals surface area contributed by atoms with Crippen LogP contribution in [0.4, 0.5) is 27.1 Å². The van der Waals surface area contributed by atoms with Crippen molar-refractivity contribution in [2.24, 2.45) is 0 Å². The van der Waals surface area contributed by atoms with E-state index in [0.717, 1.165) is 16.9 Å². The third kappa shape index (κ3) is 5.44. The summed E-state index contributed by atoms with van der Waals surface area (Å²) in [5.74, 6) is -0.537. The number of nitrogens with zero attached hydrogens (tertiary/aromatic N) is 4. The van der Waals surface area contributed by atoms with Gasteiger partial charge in [-0.3, -0.25) is 15.0 Å².